The Labute approximate surface area is 145 Å². The fraction of sp³-hybridized carbons (Fsp3) is 0.650. The van der Waals surface area contributed by atoms with Crippen LogP contribution < -0.4 is 4.74 Å². The second-order valence-corrected chi connectivity index (χ2v) is 7.22. The minimum Gasteiger partial charge on any atom is -0.497 e. The topological polar surface area (TPSA) is 32.8 Å². The maximum Gasteiger partial charge on any atom is 0.223 e. The second-order valence-electron chi connectivity index (χ2n) is 7.22. The van der Waals surface area contributed by atoms with E-state index >= 15 is 0 Å². The Balaban J connectivity index is 1.35. The van der Waals surface area contributed by atoms with Gasteiger partial charge in [-0.1, -0.05) is 25.0 Å². The number of amides is 1. The Morgan fingerprint density at radius 2 is 1.75 bits per heavy atom. The number of ether oxygens (including phenoxy) is 1. The van der Waals surface area contributed by atoms with Gasteiger partial charge in [-0.15, -0.1) is 0 Å². The van der Waals surface area contributed by atoms with E-state index in [0.29, 0.717) is 18.2 Å². The largest absolute Gasteiger partial charge is 0.497 e. The molecule has 4 heteroatoms. The number of carbonyl (C=O) groups excluding carboxylic acids is 1. The van der Waals surface area contributed by atoms with Crippen molar-refractivity contribution in [2.45, 2.75) is 38.5 Å². The summed E-state index contributed by atoms with van der Waals surface area (Å²) in [6, 6.07) is 8.28. The second kappa shape index (κ2) is 8.52. The van der Waals surface area contributed by atoms with Crippen LogP contribution in [0.5, 0.6) is 5.75 Å². The molecule has 3 rings (SSSR count). The monoisotopic (exact) mass is 330 g/mol. The smallest absolute Gasteiger partial charge is 0.223 e. The predicted molar refractivity (Wildman–Crippen MR) is 96.3 cm³/mol. The summed E-state index contributed by atoms with van der Waals surface area (Å²) in [6.45, 7) is 5.13. The van der Waals surface area contributed by atoms with E-state index in [1.54, 1.807) is 7.11 Å². The zero-order valence-electron chi connectivity index (χ0n) is 14.9. The number of benzene rings is 1. The SMILES string of the molecule is COc1ccc(CC2CN(C(=O)CCN3CCCCCC3)C2)cc1. The van der Waals surface area contributed by atoms with Crippen molar-refractivity contribution in [3.05, 3.63) is 29.8 Å². The van der Waals surface area contributed by atoms with Crippen LogP contribution in [0.15, 0.2) is 24.3 Å². The lowest BCUT2D eigenvalue weighted by molar-refractivity contribution is -0.137. The first-order valence-electron chi connectivity index (χ1n) is 9.37. The summed E-state index contributed by atoms with van der Waals surface area (Å²) in [7, 11) is 1.69. The molecule has 24 heavy (non-hydrogen) atoms. The molecule has 0 N–H and O–H groups in total. The normalized spacial score (nSPS) is 19.6. The molecule has 2 heterocycles. The first kappa shape index (κ1) is 17.3. The van der Waals surface area contributed by atoms with Gasteiger partial charge in [-0.25, -0.2) is 0 Å². The molecule has 0 radical (unpaired) electrons. The lowest BCUT2D eigenvalue weighted by Crippen LogP contribution is -2.51. The molecule has 0 atom stereocenters. The highest BCUT2D eigenvalue weighted by Gasteiger charge is 2.30. The summed E-state index contributed by atoms with van der Waals surface area (Å²) < 4.78 is 5.19. The van der Waals surface area contributed by atoms with E-state index < -0.39 is 0 Å². The van der Waals surface area contributed by atoms with Crippen LogP contribution in [-0.4, -0.2) is 55.5 Å². The van der Waals surface area contributed by atoms with Gasteiger partial charge in [0.1, 0.15) is 5.75 Å². The van der Waals surface area contributed by atoms with Crippen LogP contribution in [0.4, 0.5) is 0 Å². The molecule has 0 unspecified atom stereocenters. The summed E-state index contributed by atoms with van der Waals surface area (Å²) in [5.41, 5.74) is 1.33. The van der Waals surface area contributed by atoms with E-state index in [9.17, 15) is 4.79 Å². The van der Waals surface area contributed by atoms with E-state index in [-0.39, 0.29) is 0 Å². The Hall–Kier alpha value is -1.55. The fourth-order valence-corrected chi connectivity index (χ4v) is 3.77. The third kappa shape index (κ3) is 4.73. The quantitative estimate of drug-likeness (QED) is 0.804. The Bertz CT molecular complexity index is 515. The molecule has 1 aromatic rings. The summed E-state index contributed by atoms with van der Waals surface area (Å²) in [6.07, 6.45) is 7.03. The maximum atomic E-state index is 12.3. The predicted octanol–water partition coefficient (Wildman–Crippen LogP) is 2.96. The minimum atomic E-state index is 0.338. The van der Waals surface area contributed by atoms with E-state index in [2.05, 4.69) is 17.0 Å². The van der Waals surface area contributed by atoms with Gasteiger partial charge in [-0.05, 0) is 56.0 Å². The molecule has 2 fully saturated rings. The number of carbonyl (C=O) groups is 1. The van der Waals surface area contributed by atoms with Gasteiger partial charge in [-0.2, -0.15) is 0 Å². The van der Waals surface area contributed by atoms with E-state index in [1.807, 2.05) is 17.0 Å². The molecule has 0 saturated carbocycles. The highest BCUT2D eigenvalue weighted by molar-refractivity contribution is 5.77. The van der Waals surface area contributed by atoms with E-state index in [0.717, 1.165) is 31.8 Å². The van der Waals surface area contributed by atoms with Crippen LogP contribution in [-0.2, 0) is 11.2 Å². The summed E-state index contributed by atoms with van der Waals surface area (Å²) in [4.78, 5) is 16.8. The molecule has 132 valence electrons. The molecule has 0 spiro atoms. The van der Waals surface area contributed by atoms with Gasteiger partial charge in [0.05, 0.1) is 7.11 Å². The number of likely N-dealkylation sites (tertiary alicyclic amines) is 2. The van der Waals surface area contributed by atoms with E-state index in [1.165, 1.54) is 44.3 Å². The number of hydrogen-bond donors (Lipinski definition) is 0. The Morgan fingerprint density at radius 1 is 1.08 bits per heavy atom. The van der Waals surface area contributed by atoms with Crippen LogP contribution in [0.25, 0.3) is 0 Å². The first-order chi connectivity index (χ1) is 11.7. The van der Waals surface area contributed by atoms with Gasteiger partial charge in [0, 0.05) is 26.1 Å². The molecule has 1 aromatic carbocycles. The van der Waals surface area contributed by atoms with Crippen molar-refractivity contribution >= 4 is 5.91 Å². The first-order valence-corrected chi connectivity index (χ1v) is 9.37. The Kier molecular flexibility index (Phi) is 6.13. The summed E-state index contributed by atoms with van der Waals surface area (Å²) in [5.74, 6) is 1.85. The molecule has 2 aliphatic rings. The van der Waals surface area contributed by atoms with Crippen molar-refractivity contribution in [3.63, 3.8) is 0 Å². The van der Waals surface area contributed by atoms with Gasteiger partial charge >= 0.3 is 0 Å². The average molecular weight is 330 g/mol. The average Bonchev–Trinajstić information content (AvgIpc) is 2.85. The van der Waals surface area contributed by atoms with Crippen molar-refractivity contribution in [2.75, 3.05) is 39.8 Å². The number of rotatable bonds is 6. The zero-order valence-corrected chi connectivity index (χ0v) is 14.9. The minimum absolute atomic E-state index is 0.338. The van der Waals surface area contributed by atoms with Crippen LogP contribution in [0.1, 0.15) is 37.7 Å². The number of nitrogens with zero attached hydrogens (tertiary/aromatic N) is 2. The van der Waals surface area contributed by atoms with Crippen LogP contribution in [0.2, 0.25) is 0 Å². The van der Waals surface area contributed by atoms with Gasteiger partial charge in [-0.3, -0.25) is 4.79 Å². The van der Waals surface area contributed by atoms with Gasteiger partial charge in [0.25, 0.3) is 0 Å². The lowest BCUT2D eigenvalue weighted by atomic mass is 9.92. The molecule has 0 aromatic heterocycles. The highest BCUT2D eigenvalue weighted by Crippen LogP contribution is 2.22. The zero-order chi connectivity index (χ0) is 16.8. The molecule has 2 saturated heterocycles. The van der Waals surface area contributed by atoms with E-state index in [4.69, 9.17) is 4.74 Å². The van der Waals surface area contributed by atoms with Crippen LogP contribution in [0, 0.1) is 5.92 Å². The third-order valence-corrected chi connectivity index (χ3v) is 5.33. The van der Waals surface area contributed by atoms with Crippen molar-refractivity contribution in [1.29, 1.82) is 0 Å². The summed E-state index contributed by atoms with van der Waals surface area (Å²) >= 11 is 0. The molecule has 0 aliphatic carbocycles. The molecule has 4 nitrogen and oxygen atoms in total. The number of hydrogen-bond acceptors (Lipinski definition) is 3. The van der Waals surface area contributed by atoms with Crippen molar-refractivity contribution < 1.29 is 9.53 Å². The van der Waals surface area contributed by atoms with Crippen LogP contribution in [0.3, 0.4) is 0 Å². The van der Waals surface area contributed by atoms with Crippen molar-refractivity contribution in [3.8, 4) is 5.75 Å². The molecule has 2 aliphatic heterocycles. The van der Waals surface area contributed by atoms with Gasteiger partial charge in [0.2, 0.25) is 5.91 Å². The van der Waals surface area contributed by atoms with Gasteiger partial charge in [0.15, 0.2) is 0 Å². The fourth-order valence-electron chi connectivity index (χ4n) is 3.77. The third-order valence-electron chi connectivity index (χ3n) is 5.33. The van der Waals surface area contributed by atoms with Crippen molar-refractivity contribution in [1.82, 2.24) is 9.80 Å². The Morgan fingerprint density at radius 3 is 2.38 bits per heavy atom. The van der Waals surface area contributed by atoms with Gasteiger partial charge < -0.3 is 14.5 Å². The van der Waals surface area contributed by atoms with Crippen LogP contribution >= 0.6 is 0 Å². The number of methoxy groups -OCH3 is 1. The molecular formula is C20H30N2O2. The molecular weight excluding hydrogens is 300 g/mol. The highest BCUT2D eigenvalue weighted by atomic mass is 16.5. The van der Waals surface area contributed by atoms with Crippen molar-refractivity contribution in [2.24, 2.45) is 5.92 Å². The lowest BCUT2D eigenvalue weighted by Gasteiger charge is -2.40. The molecule has 1 amide bonds. The molecule has 0 bridgehead atoms. The maximum absolute atomic E-state index is 12.3. The summed E-state index contributed by atoms with van der Waals surface area (Å²) in [5, 5.41) is 0. The standard InChI is InChI=1S/C20H30N2O2/c1-24-19-8-6-17(7-9-19)14-18-15-22(16-18)20(23)10-13-21-11-4-2-3-5-12-21/h6-9,18H,2-5,10-16H2,1H3.